The molecule has 0 saturated heterocycles. The molecule has 1 rings (SSSR count). The van der Waals surface area contributed by atoms with Crippen LogP contribution in [0.15, 0.2) is 6.07 Å². The molecule has 0 spiro atoms. The molecule has 0 radical (unpaired) electrons. The first kappa shape index (κ1) is 16.7. The normalized spacial score (nSPS) is 11.4. The Morgan fingerprint density at radius 1 is 1.05 bits per heavy atom. The lowest BCUT2D eigenvalue weighted by Crippen LogP contribution is -2.19. The molecule has 0 aromatic carbocycles. The summed E-state index contributed by atoms with van der Waals surface area (Å²) in [5.41, 5.74) is -0.0779. The van der Waals surface area contributed by atoms with E-state index in [0.29, 0.717) is 0 Å². The van der Waals surface area contributed by atoms with Gasteiger partial charge in [-0.3, -0.25) is 0 Å². The minimum Gasteiger partial charge on any atom is -0.396 e. The van der Waals surface area contributed by atoms with Gasteiger partial charge in [-0.2, -0.15) is 0 Å². The van der Waals surface area contributed by atoms with E-state index in [0.717, 1.165) is 49.8 Å². The van der Waals surface area contributed by atoms with Crippen LogP contribution in [0.1, 0.15) is 52.8 Å². The van der Waals surface area contributed by atoms with Crippen molar-refractivity contribution in [3.63, 3.8) is 0 Å². The summed E-state index contributed by atoms with van der Waals surface area (Å²) in [5.74, 6) is 2.56. The maximum Gasteiger partial charge on any atom is 0.138 e. The van der Waals surface area contributed by atoms with Gasteiger partial charge in [-0.1, -0.05) is 27.7 Å². The molecule has 1 aromatic rings. The van der Waals surface area contributed by atoms with Gasteiger partial charge in [-0.25, -0.2) is 9.97 Å². The van der Waals surface area contributed by atoms with Gasteiger partial charge in [0.15, 0.2) is 0 Å². The molecule has 0 bridgehead atoms. The van der Waals surface area contributed by atoms with E-state index in [9.17, 15) is 0 Å². The summed E-state index contributed by atoms with van der Waals surface area (Å²) in [6.45, 7) is 10.4. The summed E-state index contributed by atoms with van der Waals surface area (Å²) in [6.07, 6.45) is 2.81. The van der Waals surface area contributed by atoms with Crippen LogP contribution in [-0.4, -0.2) is 34.8 Å². The zero-order chi connectivity index (χ0) is 15.0. The summed E-state index contributed by atoms with van der Waals surface area (Å²) >= 11 is 0. The fourth-order valence-electron chi connectivity index (χ4n) is 1.67. The van der Waals surface area contributed by atoms with Gasteiger partial charge in [0, 0.05) is 31.2 Å². The molecule has 3 N–H and O–H groups in total. The minimum absolute atomic E-state index is 0.0779. The number of aliphatic hydroxyl groups is 1. The average Bonchev–Trinajstić information content (AvgIpc) is 2.40. The van der Waals surface area contributed by atoms with Crippen molar-refractivity contribution in [2.24, 2.45) is 0 Å². The maximum absolute atomic E-state index is 8.79. The molecule has 114 valence electrons. The smallest absolute Gasteiger partial charge is 0.138 e. The lowest BCUT2D eigenvalue weighted by atomic mass is 9.96. The minimum atomic E-state index is -0.0779. The van der Waals surface area contributed by atoms with Crippen LogP contribution < -0.4 is 10.6 Å². The van der Waals surface area contributed by atoms with E-state index in [-0.39, 0.29) is 12.0 Å². The number of nitrogens with zero attached hydrogens (tertiary/aromatic N) is 2. The van der Waals surface area contributed by atoms with E-state index < -0.39 is 0 Å². The standard InChI is InChI=1S/C15H28N4O/c1-5-8-16-12-11-13(17-9-6-7-10-20)19-14(18-12)15(2,3)4/h11,20H,5-10H2,1-4H3,(H2,16,17,18,19). The Labute approximate surface area is 122 Å². The summed E-state index contributed by atoms with van der Waals surface area (Å²) in [6, 6.07) is 1.95. The van der Waals surface area contributed by atoms with Crippen LogP contribution in [0.25, 0.3) is 0 Å². The Balaban J connectivity index is 2.80. The predicted molar refractivity (Wildman–Crippen MR) is 84.3 cm³/mol. The van der Waals surface area contributed by atoms with E-state index >= 15 is 0 Å². The largest absolute Gasteiger partial charge is 0.396 e. The number of aliphatic hydroxyl groups excluding tert-OH is 1. The number of aromatic nitrogens is 2. The Morgan fingerprint density at radius 3 is 2.15 bits per heavy atom. The van der Waals surface area contributed by atoms with Gasteiger partial charge in [0.2, 0.25) is 0 Å². The molecule has 0 aliphatic heterocycles. The fourth-order valence-corrected chi connectivity index (χ4v) is 1.67. The van der Waals surface area contributed by atoms with Crippen LogP contribution in [0, 0.1) is 0 Å². The molecule has 20 heavy (non-hydrogen) atoms. The second-order valence-corrected chi connectivity index (χ2v) is 6.00. The van der Waals surface area contributed by atoms with E-state index in [1.54, 1.807) is 0 Å². The van der Waals surface area contributed by atoms with Crippen LogP contribution in [-0.2, 0) is 5.41 Å². The second kappa shape index (κ2) is 8.04. The van der Waals surface area contributed by atoms with Gasteiger partial charge < -0.3 is 15.7 Å². The van der Waals surface area contributed by atoms with Crippen LogP contribution in [0.4, 0.5) is 11.6 Å². The highest BCUT2D eigenvalue weighted by molar-refractivity contribution is 5.48. The Hall–Kier alpha value is -1.36. The highest BCUT2D eigenvalue weighted by atomic mass is 16.2. The highest BCUT2D eigenvalue weighted by Gasteiger charge is 2.19. The molecule has 1 aromatic heterocycles. The number of hydrogen-bond acceptors (Lipinski definition) is 5. The van der Waals surface area contributed by atoms with Gasteiger partial charge in [-0.15, -0.1) is 0 Å². The monoisotopic (exact) mass is 280 g/mol. The summed E-state index contributed by atoms with van der Waals surface area (Å²) in [4.78, 5) is 9.17. The summed E-state index contributed by atoms with van der Waals surface area (Å²) in [7, 11) is 0. The van der Waals surface area contributed by atoms with E-state index in [1.165, 1.54) is 0 Å². The van der Waals surface area contributed by atoms with Gasteiger partial charge >= 0.3 is 0 Å². The second-order valence-electron chi connectivity index (χ2n) is 6.00. The van der Waals surface area contributed by atoms with Crippen molar-refractivity contribution in [1.29, 1.82) is 0 Å². The number of rotatable bonds is 8. The van der Waals surface area contributed by atoms with E-state index in [1.807, 2.05) is 6.07 Å². The first-order chi connectivity index (χ1) is 9.47. The van der Waals surface area contributed by atoms with Crippen molar-refractivity contribution in [3.05, 3.63) is 11.9 Å². The average molecular weight is 280 g/mol. The van der Waals surface area contributed by atoms with Gasteiger partial charge in [0.1, 0.15) is 17.5 Å². The van der Waals surface area contributed by atoms with E-state index in [2.05, 4.69) is 48.3 Å². The molecule has 1 heterocycles. The molecular formula is C15H28N4O. The zero-order valence-corrected chi connectivity index (χ0v) is 13.2. The van der Waals surface area contributed by atoms with Crippen LogP contribution in [0.5, 0.6) is 0 Å². The molecule has 0 fully saturated rings. The van der Waals surface area contributed by atoms with Gasteiger partial charge in [-0.05, 0) is 19.3 Å². The van der Waals surface area contributed by atoms with E-state index in [4.69, 9.17) is 5.11 Å². The van der Waals surface area contributed by atoms with Gasteiger partial charge in [0.25, 0.3) is 0 Å². The molecule has 0 unspecified atom stereocenters. The van der Waals surface area contributed by atoms with Gasteiger partial charge in [0.05, 0.1) is 0 Å². The molecular weight excluding hydrogens is 252 g/mol. The summed E-state index contributed by atoms with van der Waals surface area (Å²) in [5, 5.41) is 15.4. The Bertz CT molecular complexity index is 401. The number of hydrogen-bond donors (Lipinski definition) is 3. The lowest BCUT2D eigenvalue weighted by Gasteiger charge is -2.19. The van der Waals surface area contributed by atoms with Crippen molar-refractivity contribution < 1.29 is 5.11 Å². The molecule has 0 saturated carbocycles. The third kappa shape index (κ3) is 5.74. The van der Waals surface area contributed by atoms with Crippen LogP contribution >= 0.6 is 0 Å². The maximum atomic E-state index is 8.79. The molecule has 0 aliphatic rings. The zero-order valence-electron chi connectivity index (χ0n) is 13.2. The fraction of sp³-hybridized carbons (Fsp3) is 0.733. The van der Waals surface area contributed by atoms with Crippen LogP contribution in [0.3, 0.4) is 0 Å². The lowest BCUT2D eigenvalue weighted by molar-refractivity contribution is 0.286. The van der Waals surface area contributed by atoms with Crippen molar-refractivity contribution >= 4 is 11.6 Å². The van der Waals surface area contributed by atoms with Crippen molar-refractivity contribution in [2.45, 2.75) is 52.4 Å². The molecule has 0 aliphatic carbocycles. The first-order valence-electron chi connectivity index (χ1n) is 7.45. The highest BCUT2D eigenvalue weighted by Crippen LogP contribution is 2.22. The third-order valence-electron chi connectivity index (χ3n) is 2.84. The third-order valence-corrected chi connectivity index (χ3v) is 2.84. The Morgan fingerprint density at radius 2 is 1.65 bits per heavy atom. The van der Waals surface area contributed by atoms with Crippen LogP contribution in [0.2, 0.25) is 0 Å². The predicted octanol–water partition coefficient (Wildman–Crippen LogP) is 2.78. The first-order valence-corrected chi connectivity index (χ1v) is 7.45. The Kier molecular flexibility index (Phi) is 6.71. The molecule has 5 nitrogen and oxygen atoms in total. The molecule has 0 atom stereocenters. The molecule has 0 amide bonds. The van der Waals surface area contributed by atoms with Crippen molar-refractivity contribution in [3.8, 4) is 0 Å². The topological polar surface area (TPSA) is 70.1 Å². The number of anilines is 2. The quantitative estimate of drug-likeness (QED) is 0.639. The SMILES string of the molecule is CCCNc1cc(NCCCCO)nc(C(C)(C)C)n1. The summed E-state index contributed by atoms with van der Waals surface area (Å²) < 4.78 is 0. The molecule has 5 heteroatoms. The van der Waals surface area contributed by atoms with Crippen molar-refractivity contribution in [2.75, 3.05) is 30.3 Å². The van der Waals surface area contributed by atoms with Crippen molar-refractivity contribution in [1.82, 2.24) is 9.97 Å². The number of nitrogens with one attached hydrogen (secondary N) is 2. The number of unbranched alkanes of at least 4 members (excludes halogenated alkanes) is 1.